The number of hydrogen-bond acceptors (Lipinski definition) is 10. The summed E-state index contributed by atoms with van der Waals surface area (Å²) in [4.78, 5) is 23.7. The minimum absolute atomic E-state index is 0.195. The number of aromatic nitrogens is 3. The fourth-order valence-electron chi connectivity index (χ4n) is 4.33. The first kappa shape index (κ1) is 22.5. The van der Waals surface area contributed by atoms with E-state index in [1.54, 1.807) is 6.20 Å². The van der Waals surface area contributed by atoms with Crippen LogP contribution in [0.2, 0.25) is 0 Å². The molecule has 2 aliphatic heterocycles. The molecule has 1 fully saturated rings. The first-order valence-corrected chi connectivity index (χ1v) is 10.7. The van der Waals surface area contributed by atoms with Gasteiger partial charge in [0.2, 0.25) is 0 Å². The minimum atomic E-state index is -1.30. The fourth-order valence-corrected chi connectivity index (χ4v) is 4.33. The van der Waals surface area contributed by atoms with Crippen LogP contribution in [0.1, 0.15) is 23.7 Å². The molecule has 1 aromatic carbocycles. The third-order valence-corrected chi connectivity index (χ3v) is 6.17. The van der Waals surface area contributed by atoms with E-state index in [0.717, 1.165) is 16.5 Å². The Morgan fingerprint density at radius 1 is 1.29 bits per heavy atom. The topological polar surface area (TPSA) is 194 Å². The van der Waals surface area contributed by atoms with Crippen molar-refractivity contribution in [2.45, 2.75) is 43.2 Å². The largest absolute Gasteiger partial charge is 0.480 e. The molecule has 2 aromatic heterocycles. The molecule has 0 spiro atoms. The van der Waals surface area contributed by atoms with Crippen LogP contribution < -0.4 is 11.2 Å². The maximum Gasteiger partial charge on any atom is 0.322 e. The van der Waals surface area contributed by atoms with E-state index >= 15 is 0 Å². The standard InChI is InChI=1S/C21H25N7O6/c22-18-15-19(27(8-24-15)20-17(31)16(30)14(7-29)34-20)25-9-28(18)26-13(21(32)33)5-10-6-23-12-4-2-1-3-11(10)12/h1-4,6,8-9,13-14,16-18,20,23,26,29-31H,5,7,22H2,(H,32,33)/t13-,14+,16?,17?,18?,20+/m0/s1. The van der Waals surface area contributed by atoms with Gasteiger partial charge in [0, 0.05) is 23.5 Å². The summed E-state index contributed by atoms with van der Waals surface area (Å²) in [5, 5.41) is 41.8. The van der Waals surface area contributed by atoms with E-state index in [9.17, 15) is 25.2 Å². The number of hydrogen-bond donors (Lipinski definition) is 7. The number of aliphatic imine (C=N–C) groups is 1. The van der Waals surface area contributed by atoms with E-state index in [4.69, 9.17) is 10.5 Å². The number of nitrogens with zero attached hydrogens (tertiary/aromatic N) is 4. The van der Waals surface area contributed by atoms with Crippen LogP contribution in [-0.2, 0) is 16.0 Å². The van der Waals surface area contributed by atoms with Crippen molar-refractivity contribution < 1.29 is 30.0 Å². The van der Waals surface area contributed by atoms with Crippen LogP contribution >= 0.6 is 0 Å². The minimum Gasteiger partial charge on any atom is -0.480 e. The van der Waals surface area contributed by atoms with Crippen molar-refractivity contribution in [2.75, 3.05) is 6.61 Å². The number of benzene rings is 1. The maximum atomic E-state index is 12.0. The van der Waals surface area contributed by atoms with Crippen molar-refractivity contribution in [3.05, 3.63) is 48.0 Å². The van der Waals surface area contributed by atoms with Gasteiger partial charge in [-0.1, -0.05) is 18.2 Å². The molecule has 0 aliphatic carbocycles. The van der Waals surface area contributed by atoms with Crippen LogP contribution in [0.25, 0.3) is 10.9 Å². The number of aliphatic carboxylic acids is 1. The average Bonchev–Trinajstić information content (AvgIpc) is 3.52. The molecule has 2 aliphatic rings. The van der Waals surface area contributed by atoms with Crippen LogP contribution in [0.4, 0.5) is 5.82 Å². The molecule has 180 valence electrons. The summed E-state index contributed by atoms with van der Waals surface area (Å²) in [7, 11) is 0. The molecule has 0 saturated carbocycles. The maximum absolute atomic E-state index is 12.0. The first-order valence-electron chi connectivity index (χ1n) is 10.7. The number of carbonyl (C=O) groups is 1. The molecule has 0 amide bonds. The Morgan fingerprint density at radius 2 is 2.09 bits per heavy atom. The number of hydrazine groups is 1. The van der Waals surface area contributed by atoms with Gasteiger partial charge in [0.25, 0.3) is 0 Å². The molecule has 0 bridgehead atoms. The number of nitrogens with one attached hydrogen (secondary N) is 2. The van der Waals surface area contributed by atoms with Crippen molar-refractivity contribution in [3.63, 3.8) is 0 Å². The smallest absolute Gasteiger partial charge is 0.322 e. The van der Waals surface area contributed by atoms with Gasteiger partial charge in [0.15, 0.2) is 12.0 Å². The number of carboxylic acids is 1. The molecule has 0 radical (unpaired) electrons. The van der Waals surface area contributed by atoms with Crippen LogP contribution in [0.15, 0.2) is 41.8 Å². The molecule has 3 aromatic rings. The van der Waals surface area contributed by atoms with E-state index < -0.39 is 49.3 Å². The Labute approximate surface area is 193 Å². The molecule has 8 N–H and O–H groups in total. The third-order valence-electron chi connectivity index (χ3n) is 6.17. The first-order chi connectivity index (χ1) is 16.4. The highest BCUT2D eigenvalue weighted by Crippen LogP contribution is 2.36. The van der Waals surface area contributed by atoms with E-state index in [2.05, 4.69) is 20.4 Å². The summed E-state index contributed by atoms with van der Waals surface area (Å²) in [5.41, 5.74) is 11.3. The van der Waals surface area contributed by atoms with Gasteiger partial charge in [-0.2, -0.15) is 0 Å². The molecule has 5 rings (SSSR count). The number of ether oxygens (including phenoxy) is 1. The Hall–Kier alpha value is -3.33. The highest BCUT2D eigenvalue weighted by molar-refractivity contribution is 5.84. The summed E-state index contributed by atoms with van der Waals surface area (Å²) in [6, 6.07) is 6.63. The number of carboxylic acid groups (broad SMARTS) is 1. The third kappa shape index (κ3) is 3.73. The Morgan fingerprint density at radius 3 is 2.82 bits per heavy atom. The SMILES string of the molecule is NC1c2ncn([C@@H]3O[C@H](CO)C(O)C3O)c2N=CN1N[C@@H](Cc1c[nH]c2ccccc12)C(=O)O. The van der Waals surface area contributed by atoms with Crippen LogP contribution in [0, 0.1) is 0 Å². The number of imidazole rings is 1. The number of rotatable bonds is 7. The normalized spacial score (nSPS) is 27.3. The van der Waals surface area contributed by atoms with E-state index in [1.165, 1.54) is 22.2 Å². The van der Waals surface area contributed by atoms with Crippen LogP contribution in [0.3, 0.4) is 0 Å². The lowest BCUT2D eigenvalue weighted by Gasteiger charge is -2.32. The molecule has 6 atom stereocenters. The zero-order valence-corrected chi connectivity index (χ0v) is 17.9. The predicted molar refractivity (Wildman–Crippen MR) is 119 cm³/mol. The number of nitrogens with two attached hydrogens (primary N) is 1. The number of aliphatic hydroxyl groups is 3. The van der Waals surface area contributed by atoms with E-state index in [-0.39, 0.29) is 6.42 Å². The van der Waals surface area contributed by atoms with E-state index in [0.29, 0.717) is 11.5 Å². The molecule has 1 saturated heterocycles. The molecule has 3 unspecified atom stereocenters. The quantitative estimate of drug-likeness (QED) is 0.227. The Bertz CT molecular complexity index is 1230. The number of para-hydroxylation sites is 1. The number of aromatic amines is 1. The highest BCUT2D eigenvalue weighted by Gasteiger charge is 2.45. The molecular weight excluding hydrogens is 446 g/mol. The van der Waals surface area contributed by atoms with Gasteiger partial charge in [0.1, 0.15) is 42.6 Å². The fraction of sp³-hybridized carbons (Fsp3) is 0.381. The van der Waals surface area contributed by atoms with Crippen LogP contribution in [0.5, 0.6) is 0 Å². The lowest BCUT2D eigenvalue weighted by Crippen LogP contribution is -2.53. The predicted octanol–water partition coefficient (Wildman–Crippen LogP) is -0.891. The van der Waals surface area contributed by atoms with Gasteiger partial charge in [-0.3, -0.25) is 14.4 Å². The Kier molecular flexibility index (Phi) is 5.81. The lowest BCUT2D eigenvalue weighted by atomic mass is 10.1. The lowest BCUT2D eigenvalue weighted by molar-refractivity contribution is -0.140. The van der Waals surface area contributed by atoms with Crippen molar-refractivity contribution >= 4 is 29.0 Å². The van der Waals surface area contributed by atoms with Gasteiger partial charge in [0.05, 0.1) is 12.9 Å². The summed E-state index contributed by atoms with van der Waals surface area (Å²) < 4.78 is 6.97. The average molecular weight is 471 g/mol. The van der Waals surface area contributed by atoms with Crippen molar-refractivity contribution in [1.29, 1.82) is 0 Å². The van der Waals surface area contributed by atoms with Crippen molar-refractivity contribution in [1.82, 2.24) is 25.0 Å². The zero-order chi connectivity index (χ0) is 24.0. The second-order valence-electron chi connectivity index (χ2n) is 8.27. The van der Waals surface area contributed by atoms with Crippen LogP contribution in [-0.4, -0.2) is 83.2 Å². The van der Waals surface area contributed by atoms with Gasteiger partial charge in [-0.15, -0.1) is 0 Å². The van der Waals surface area contributed by atoms with Gasteiger partial charge in [-0.25, -0.2) is 15.4 Å². The zero-order valence-electron chi connectivity index (χ0n) is 17.9. The molecule has 13 nitrogen and oxygen atoms in total. The number of H-pyrrole nitrogens is 1. The second-order valence-corrected chi connectivity index (χ2v) is 8.27. The number of aliphatic hydroxyl groups excluding tert-OH is 3. The molecule has 13 heteroatoms. The molecule has 4 heterocycles. The van der Waals surface area contributed by atoms with Crippen molar-refractivity contribution in [2.24, 2.45) is 10.7 Å². The Balaban J connectivity index is 1.35. The second kappa shape index (κ2) is 8.79. The summed E-state index contributed by atoms with van der Waals surface area (Å²) in [5.74, 6) is -0.766. The van der Waals surface area contributed by atoms with Crippen molar-refractivity contribution in [3.8, 4) is 0 Å². The van der Waals surface area contributed by atoms with Gasteiger partial charge >= 0.3 is 5.97 Å². The molecular formula is C21H25N7O6. The summed E-state index contributed by atoms with van der Waals surface area (Å²) >= 11 is 0. The van der Waals surface area contributed by atoms with Gasteiger partial charge < -0.3 is 35.9 Å². The van der Waals surface area contributed by atoms with E-state index in [1.807, 2.05) is 24.3 Å². The highest BCUT2D eigenvalue weighted by atomic mass is 16.6. The van der Waals surface area contributed by atoms with Gasteiger partial charge in [-0.05, 0) is 11.6 Å². The number of fused-ring (bicyclic) bond motifs is 2. The molecule has 34 heavy (non-hydrogen) atoms. The summed E-state index contributed by atoms with van der Waals surface area (Å²) in [6.45, 7) is -0.459. The summed E-state index contributed by atoms with van der Waals surface area (Å²) in [6.07, 6.45) is -0.717. The monoisotopic (exact) mass is 471 g/mol.